The lowest BCUT2D eigenvalue weighted by atomic mass is 9.68. The predicted octanol–water partition coefficient (Wildman–Crippen LogP) is 6.07. The Bertz CT molecular complexity index is 1150. The summed E-state index contributed by atoms with van der Waals surface area (Å²) >= 11 is 5.17. The van der Waals surface area contributed by atoms with Gasteiger partial charge in [-0.05, 0) is 61.6 Å². The van der Waals surface area contributed by atoms with Crippen LogP contribution in [0, 0.1) is 30.6 Å². The van der Waals surface area contributed by atoms with E-state index in [4.69, 9.17) is 5.73 Å². The van der Waals surface area contributed by atoms with Gasteiger partial charge in [0.25, 0.3) is 0 Å². The van der Waals surface area contributed by atoms with Gasteiger partial charge in [0.1, 0.15) is 5.82 Å². The van der Waals surface area contributed by atoms with Crippen molar-refractivity contribution in [3.63, 3.8) is 0 Å². The number of nitriles is 1. The zero-order chi connectivity index (χ0) is 21.8. The van der Waals surface area contributed by atoms with Crippen LogP contribution in [0.5, 0.6) is 0 Å². The molecule has 4 rings (SSSR count). The van der Waals surface area contributed by atoms with Gasteiger partial charge >= 0.3 is 0 Å². The predicted molar refractivity (Wildman–Crippen MR) is 125 cm³/mol. The van der Waals surface area contributed by atoms with Crippen LogP contribution in [0.4, 0.5) is 5.69 Å². The number of rotatable bonds is 2. The minimum atomic E-state index is -0.398. The molecule has 2 aliphatic rings. The zero-order valence-corrected chi connectivity index (χ0v) is 19.9. The molecule has 154 valence electrons. The number of hydrogen-bond acceptors (Lipinski definition) is 5. The second-order valence-corrected chi connectivity index (χ2v) is 11.2. The number of ketones is 1. The molecule has 4 nitrogen and oxygen atoms in total. The van der Waals surface area contributed by atoms with Gasteiger partial charge in [0.15, 0.2) is 5.78 Å². The molecule has 1 aromatic carbocycles. The summed E-state index contributed by atoms with van der Waals surface area (Å²) in [6.45, 7) is 8.33. The number of aryl methyl sites for hydroxylation is 2. The molecule has 2 heterocycles. The van der Waals surface area contributed by atoms with Crippen molar-refractivity contribution in [1.29, 1.82) is 5.26 Å². The summed E-state index contributed by atoms with van der Waals surface area (Å²) in [4.78, 5) is 17.7. The molecule has 0 radical (unpaired) electrons. The van der Waals surface area contributed by atoms with Crippen LogP contribution >= 0.6 is 27.3 Å². The van der Waals surface area contributed by atoms with Crippen LogP contribution in [-0.2, 0) is 4.79 Å². The largest absolute Gasteiger partial charge is 0.384 e. The topological polar surface area (TPSA) is 70.1 Å². The summed E-state index contributed by atoms with van der Waals surface area (Å²) in [6.07, 6.45) is 1.19. The van der Waals surface area contributed by atoms with Gasteiger partial charge in [0.05, 0.1) is 17.6 Å². The number of carbonyl (C=O) groups is 1. The lowest BCUT2D eigenvalue weighted by Crippen LogP contribution is -2.42. The van der Waals surface area contributed by atoms with Gasteiger partial charge in [0.2, 0.25) is 0 Å². The molecular formula is C24H24BrN3OS. The first-order chi connectivity index (χ1) is 14.1. The summed E-state index contributed by atoms with van der Waals surface area (Å²) in [5, 5.41) is 10.1. The van der Waals surface area contributed by atoms with Crippen molar-refractivity contribution in [2.75, 3.05) is 4.90 Å². The van der Waals surface area contributed by atoms with E-state index < -0.39 is 5.92 Å². The molecule has 30 heavy (non-hydrogen) atoms. The van der Waals surface area contributed by atoms with Gasteiger partial charge < -0.3 is 5.73 Å². The average molecular weight is 482 g/mol. The van der Waals surface area contributed by atoms with Crippen LogP contribution in [0.15, 0.2) is 57.5 Å². The minimum absolute atomic E-state index is 0.108. The van der Waals surface area contributed by atoms with E-state index in [1.807, 2.05) is 29.2 Å². The molecule has 1 unspecified atom stereocenters. The third kappa shape index (κ3) is 3.40. The first kappa shape index (κ1) is 20.9. The molecular weight excluding hydrogens is 458 g/mol. The second-order valence-electron chi connectivity index (χ2n) is 8.83. The number of thiophene rings is 1. The third-order valence-corrected chi connectivity index (χ3v) is 7.37. The molecule has 0 saturated carbocycles. The highest BCUT2D eigenvalue weighted by Gasteiger charge is 2.45. The third-order valence-electron chi connectivity index (χ3n) is 5.86. The molecule has 0 saturated heterocycles. The highest BCUT2D eigenvalue weighted by Crippen LogP contribution is 2.51. The van der Waals surface area contributed by atoms with Crippen molar-refractivity contribution in [3.05, 3.63) is 72.8 Å². The van der Waals surface area contributed by atoms with Crippen LogP contribution < -0.4 is 10.6 Å². The Labute approximate surface area is 189 Å². The molecule has 0 fully saturated rings. The molecule has 1 aromatic heterocycles. The van der Waals surface area contributed by atoms with E-state index in [-0.39, 0.29) is 11.2 Å². The van der Waals surface area contributed by atoms with Crippen molar-refractivity contribution in [3.8, 4) is 6.07 Å². The standard InChI is InChI=1S/C24H24BrN3OS/c1-13-9-17(14(2)30-13)21-18(12-26)23(27)28(16-7-5-15(25)6-8-16)19-10-24(3,4)11-20(29)22(19)21/h5-9,21H,10-11,27H2,1-4H3. The Balaban J connectivity index is 2.01. The van der Waals surface area contributed by atoms with Crippen LogP contribution in [0.2, 0.25) is 0 Å². The molecule has 1 atom stereocenters. The molecule has 0 bridgehead atoms. The normalized spacial score (nSPS) is 21.0. The molecule has 6 heteroatoms. The molecule has 0 spiro atoms. The highest BCUT2D eigenvalue weighted by molar-refractivity contribution is 9.10. The zero-order valence-electron chi connectivity index (χ0n) is 17.5. The van der Waals surface area contributed by atoms with E-state index in [0.29, 0.717) is 17.8 Å². The van der Waals surface area contributed by atoms with Gasteiger partial charge in [-0.3, -0.25) is 9.69 Å². The van der Waals surface area contributed by atoms with Crippen LogP contribution in [0.3, 0.4) is 0 Å². The quantitative estimate of drug-likeness (QED) is 0.564. The minimum Gasteiger partial charge on any atom is -0.384 e. The number of benzene rings is 1. The van der Waals surface area contributed by atoms with Gasteiger partial charge in [-0.1, -0.05) is 29.8 Å². The van der Waals surface area contributed by atoms with Gasteiger partial charge in [-0.15, -0.1) is 11.3 Å². The smallest absolute Gasteiger partial charge is 0.162 e. The number of carbonyl (C=O) groups excluding carboxylic acids is 1. The van der Waals surface area contributed by atoms with Crippen LogP contribution in [0.25, 0.3) is 0 Å². The summed E-state index contributed by atoms with van der Waals surface area (Å²) in [7, 11) is 0. The summed E-state index contributed by atoms with van der Waals surface area (Å²) in [6, 6.07) is 12.3. The van der Waals surface area contributed by atoms with E-state index in [2.05, 4.69) is 55.8 Å². The van der Waals surface area contributed by atoms with Gasteiger partial charge in [0, 0.05) is 37.6 Å². The Morgan fingerprint density at radius 3 is 2.47 bits per heavy atom. The second kappa shape index (κ2) is 7.40. The van der Waals surface area contributed by atoms with Gasteiger partial charge in [-0.2, -0.15) is 5.26 Å². The lowest BCUT2D eigenvalue weighted by Gasteiger charge is -2.43. The Morgan fingerprint density at radius 2 is 1.90 bits per heavy atom. The van der Waals surface area contributed by atoms with E-state index in [9.17, 15) is 10.1 Å². The summed E-state index contributed by atoms with van der Waals surface area (Å²) in [5.41, 5.74) is 10.5. The van der Waals surface area contributed by atoms with Crippen molar-refractivity contribution >= 4 is 38.7 Å². The van der Waals surface area contributed by atoms with Crippen molar-refractivity contribution < 1.29 is 4.79 Å². The van der Waals surface area contributed by atoms with Crippen molar-refractivity contribution in [1.82, 2.24) is 0 Å². The van der Waals surface area contributed by atoms with E-state index >= 15 is 0 Å². The van der Waals surface area contributed by atoms with E-state index in [1.54, 1.807) is 11.3 Å². The molecule has 1 aliphatic heterocycles. The molecule has 0 amide bonds. The Kier molecular flexibility index (Phi) is 5.16. The maximum Gasteiger partial charge on any atom is 0.162 e. The van der Waals surface area contributed by atoms with Crippen molar-refractivity contribution in [2.24, 2.45) is 11.1 Å². The number of anilines is 1. The monoisotopic (exact) mass is 481 g/mol. The van der Waals surface area contributed by atoms with Crippen LogP contribution in [-0.4, -0.2) is 5.78 Å². The highest BCUT2D eigenvalue weighted by atomic mass is 79.9. The Hall–Kier alpha value is -2.36. The van der Waals surface area contributed by atoms with E-state index in [0.717, 1.165) is 38.3 Å². The molecule has 1 aliphatic carbocycles. The fraction of sp³-hybridized carbons (Fsp3) is 0.333. The SMILES string of the molecule is Cc1cc(C2C(C#N)=C(N)N(c3ccc(Br)cc3)C3=C2C(=O)CC(C)(C)C3)c(C)s1. The van der Waals surface area contributed by atoms with Gasteiger partial charge in [-0.25, -0.2) is 0 Å². The maximum absolute atomic E-state index is 13.5. The lowest BCUT2D eigenvalue weighted by molar-refractivity contribution is -0.118. The Morgan fingerprint density at radius 1 is 1.23 bits per heavy atom. The number of Topliss-reactive ketones (excluding diaryl/α,β-unsaturated/α-hetero) is 1. The number of halogens is 1. The first-order valence-electron chi connectivity index (χ1n) is 9.91. The van der Waals surface area contributed by atoms with E-state index in [1.165, 1.54) is 4.88 Å². The fourth-order valence-corrected chi connectivity index (χ4v) is 5.87. The fourth-order valence-electron chi connectivity index (χ4n) is 4.64. The number of allylic oxidation sites excluding steroid dienone is 3. The maximum atomic E-state index is 13.5. The number of nitrogens with two attached hydrogens (primary N) is 1. The van der Waals surface area contributed by atoms with Crippen LogP contribution in [0.1, 0.15) is 47.9 Å². The average Bonchev–Trinajstić information content (AvgIpc) is 2.99. The first-order valence-corrected chi connectivity index (χ1v) is 11.5. The number of hydrogen-bond donors (Lipinski definition) is 1. The molecule has 2 N–H and O–H groups in total. The number of nitrogens with zero attached hydrogens (tertiary/aromatic N) is 2. The van der Waals surface area contributed by atoms with Crippen molar-refractivity contribution in [2.45, 2.75) is 46.5 Å². The molecule has 2 aromatic rings. The summed E-state index contributed by atoms with van der Waals surface area (Å²) in [5.74, 6) is 0.124. The summed E-state index contributed by atoms with van der Waals surface area (Å²) < 4.78 is 0.961.